The highest BCUT2D eigenvalue weighted by molar-refractivity contribution is 7.73. The van der Waals surface area contributed by atoms with Gasteiger partial charge in [-0.2, -0.15) is 0 Å². The maximum atomic E-state index is 12.8. The molecular formula is C20H20ClN3OS2. The second kappa shape index (κ2) is 8.25. The lowest BCUT2D eigenvalue weighted by Crippen LogP contribution is -2.14. The smallest absolute Gasteiger partial charge is 0.269 e. The number of hydrogen-bond acceptors (Lipinski definition) is 4. The molecular weight excluding hydrogens is 398 g/mol. The van der Waals surface area contributed by atoms with Crippen molar-refractivity contribution in [3.8, 4) is 5.69 Å². The Hall–Kier alpha value is -2.15. The number of hydrogen-bond donors (Lipinski definition) is 2. The second-order valence-electron chi connectivity index (χ2n) is 5.98. The number of nitrogen functional groups attached to an aromatic ring is 1. The molecule has 0 aliphatic rings. The molecule has 0 fully saturated rings. The normalized spacial score (nSPS) is 10.8. The van der Waals surface area contributed by atoms with Gasteiger partial charge in [0, 0.05) is 0 Å². The summed E-state index contributed by atoms with van der Waals surface area (Å²) in [5, 5.41) is 3.29. The van der Waals surface area contributed by atoms with E-state index >= 15 is 0 Å². The molecule has 0 aliphatic heterocycles. The van der Waals surface area contributed by atoms with Crippen molar-refractivity contribution in [1.29, 1.82) is 0 Å². The molecule has 0 bridgehead atoms. The number of anilines is 2. The van der Waals surface area contributed by atoms with Gasteiger partial charge in [-0.1, -0.05) is 67.1 Å². The number of carbonyl (C=O) groups excluding carboxylic acids is 1. The van der Waals surface area contributed by atoms with Gasteiger partial charge in [-0.05, 0) is 48.3 Å². The average Bonchev–Trinajstić information content (AvgIpc) is 2.97. The first-order valence-electron chi connectivity index (χ1n) is 8.66. The predicted molar refractivity (Wildman–Crippen MR) is 117 cm³/mol. The SMILES string of the molecule is CCc1cccc(CC)c1-n1c(N)c(C(=O)Nc2ccccc2Cl)sc1=S. The zero-order chi connectivity index (χ0) is 19.6. The lowest BCUT2D eigenvalue weighted by atomic mass is 10.0. The van der Waals surface area contributed by atoms with Crippen molar-refractivity contribution in [3.63, 3.8) is 0 Å². The van der Waals surface area contributed by atoms with E-state index in [4.69, 9.17) is 29.6 Å². The fraction of sp³-hybridized carbons (Fsp3) is 0.200. The number of thiazole rings is 1. The van der Waals surface area contributed by atoms with E-state index in [1.807, 2.05) is 16.7 Å². The number of aryl methyl sites for hydroxylation is 2. The van der Waals surface area contributed by atoms with Crippen molar-refractivity contribution >= 4 is 52.6 Å². The number of aromatic nitrogens is 1. The van der Waals surface area contributed by atoms with Crippen LogP contribution in [0.3, 0.4) is 0 Å². The van der Waals surface area contributed by atoms with E-state index in [1.54, 1.807) is 18.2 Å². The predicted octanol–water partition coefficient (Wildman–Crippen LogP) is 5.88. The zero-order valence-electron chi connectivity index (χ0n) is 15.1. The van der Waals surface area contributed by atoms with Crippen molar-refractivity contribution in [2.75, 3.05) is 11.1 Å². The van der Waals surface area contributed by atoms with Crippen LogP contribution in [0.25, 0.3) is 5.69 Å². The van der Waals surface area contributed by atoms with Gasteiger partial charge in [-0.25, -0.2) is 0 Å². The Morgan fingerprint density at radius 1 is 1.15 bits per heavy atom. The van der Waals surface area contributed by atoms with E-state index in [9.17, 15) is 4.79 Å². The molecule has 4 nitrogen and oxygen atoms in total. The van der Waals surface area contributed by atoms with E-state index in [0.29, 0.717) is 25.4 Å². The van der Waals surface area contributed by atoms with E-state index in [0.717, 1.165) is 29.7 Å². The first kappa shape index (κ1) is 19.6. The summed E-state index contributed by atoms with van der Waals surface area (Å²) in [6.45, 7) is 4.19. The van der Waals surface area contributed by atoms with Crippen LogP contribution in [-0.4, -0.2) is 10.5 Å². The summed E-state index contributed by atoms with van der Waals surface area (Å²) in [6.07, 6.45) is 1.70. The summed E-state index contributed by atoms with van der Waals surface area (Å²) >= 11 is 12.9. The minimum absolute atomic E-state index is 0.317. The zero-order valence-corrected chi connectivity index (χ0v) is 17.5. The third kappa shape index (κ3) is 3.78. The quantitative estimate of drug-likeness (QED) is 0.509. The summed E-state index contributed by atoms with van der Waals surface area (Å²) in [5.74, 6) is 0.0348. The van der Waals surface area contributed by atoms with Crippen LogP contribution in [0.15, 0.2) is 42.5 Å². The third-order valence-corrected chi connectivity index (χ3v) is 6.08. The van der Waals surface area contributed by atoms with Gasteiger partial charge in [0.2, 0.25) is 0 Å². The molecule has 1 aromatic heterocycles. The Balaban J connectivity index is 2.08. The molecule has 1 heterocycles. The summed E-state index contributed by atoms with van der Waals surface area (Å²) in [7, 11) is 0. The van der Waals surface area contributed by atoms with Crippen molar-refractivity contribution in [2.45, 2.75) is 26.7 Å². The number of amides is 1. The molecule has 0 atom stereocenters. The molecule has 3 aromatic rings. The van der Waals surface area contributed by atoms with Crippen molar-refractivity contribution < 1.29 is 4.79 Å². The number of nitrogens with two attached hydrogens (primary N) is 1. The maximum absolute atomic E-state index is 12.8. The number of benzene rings is 2. The van der Waals surface area contributed by atoms with Gasteiger partial charge < -0.3 is 11.1 Å². The van der Waals surface area contributed by atoms with Crippen molar-refractivity contribution in [3.05, 3.63) is 67.4 Å². The van der Waals surface area contributed by atoms with Crippen LogP contribution in [0.2, 0.25) is 5.02 Å². The van der Waals surface area contributed by atoms with Crippen LogP contribution in [0.5, 0.6) is 0 Å². The number of nitrogens with zero attached hydrogens (tertiary/aromatic N) is 1. The molecule has 0 aliphatic carbocycles. The lowest BCUT2D eigenvalue weighted by Gasteiger charge is -2.15. The minimum Gasteiger partial charge on any atom is -0.383 e. The van der Waals surface area contributed by atoms with Crippen LogP contribution in [-0.2, 0) is 12.8 Å². The highest BCUT2D eigenvalue weighted by Gasteiger charge is 2.21. The number of carbonyl (C=O) groups is 1. The Labute approximate surface area is 172 Å². The van der Waals surface area contributed by atoms with Gasteiger partial charge in [0.1, 0.15) is 10.7 Å². The van der Waals surface area contributed by atoms with Crippen LogP contribution in [0.1, 0.15) is 34.6 Å². The topological polar surface area (TPSA) is 60.0 Å². The van der Waals surface area contributed by atoms with Crippen molar-refractivity contribution in [1.82, 2.24) is 4.57 Å². The van der Waals surface area contributed by atoms with Crippen LogP contribution >= 0.6 is 35.2 Å². The number of halogens is 1. The van der Waals surface area contributed by atoms with Gasteiger partial charge in [0.15, 0.2) is 3.95 Å². The van der Waals surface area contributed by atoms with Gasteiger partial charge in [-0.15, -0.1) is 0 Å². The molecule has 2 aromatic carbocycles. The Bertz CT molecular complexity index is 1030. The van der Waals surface area contributed by atoms with Crippen molar-refractivity contribution in [2.24, 2.45) is 0 Å². The molecule has 0 saturated heterocycles. The minimum atomic E-state index is -0.317. The molecule has 0 spiro atoms. The summed E-state index contributed by atoms with van der Waals surface area (Å²) in [6, 6.07) is 13.3. The second-order valence-corrected chi connectivity index (χ2v) is 8.04. The van der Waals surface area contributed by atoms with Crippen LogP contribution in [0, 0.1) is 3.95 Å². The van der Waals surface area contributed by atoms with E-state index < -0.39 is 0 Å². The molecule has 7 heteroatoms. The number of para-hydroxylation sites is 2. The first-order valence-corrected chi connectivity index (χ1v) is 10.3. The molecule has 3 N–H and O–H groups in total. The Morgan fingerprint density at radius 2 is 1.78 bits per heavy atom. The fourth-order valence-electron chi connectivity index (χ4n) is 3.00. The third-order valence-electron chi connectivity index (χ3n) is 4.36. The van der Waals surface area contributed by atoms with Gasteiger partial charge >= 0.3 is 0 Å². The maximum Gasteiger partial charge on any atom is 0.269 e. The largest absolute Gasteiger partial charge is 0.383 e. The van der Waals surface area contributed by atoms with Crippen LogP contribution in [0.4, 0.5) is 11.5 Å². The Kier molecular flexibility index (Phi) is 5.99. The van der Waals surface area contributed by atoms with E-state index in [-0.39, 0.29) is 5.91 Å². The van der Waals surface area contributed by atoms with Gasteiger partial charge in [0.05, 0.1) is 16.4 Å². The highest BCUT2D eigenvalue weighted by Crippen LogP contribution is 2.32. The molecule has 0 saturated carbocycles. The van der Waals surface area contributed by atoms with Crippen LogP contribution < -0.4 is 11.1 Å². The average molecular weight is 418 g/mol. The standard InChI is InChI=1S/C20H20ClN3OS2/c1-3-12-8-7-9-13(4-2)16(12)24-18(22)17(27-20(24)26)19(25)23-15-11-6-5-10-14(15)21/h5-11H,3-4,22H2,1-2H3,(H,23,25). The monoisotopic (exact) mass is 417 g/mol. The lowest BCUT2D eigenvalue weighted by molar-refractivity contribution is 0.103. The van der Waals surface area contributed by atoms with Gasteiger partial charge in [0.25, 0.3) is 5.91 Å². The fourth-order valence-corrected chi connectivity index (χ4v) is 4.42. The molecule has 0 unspecified atom stereocenters. The number of rotatable bonds is 5. The molecule has 1 amide bonds. The highest BCUT2D eigenvalue weighted by atomic mass is 35.5. The summed E-state index contributed by atoms with van der Waals surface area (Å²) < 4.78 is 2.37. The molecule has 27 heavy (non-hydrogen) atoms. The molecule has 140 valence electrons. The molecule has 3 rings (SSSR count). The molecule has 0 radical (unpaired) electrons. The van der Waals surface area contributed by atoms with E-state index in [2.05, 4.69) is 31.3 Å². The summed E-state index contributed by atoms with van der Waals surface area (Å²) in [4.78, 5) is 13.2. The summed E-state index contributed by atoms with van der Waals surface area (Å²) in [5.41, 5.74) is 10.2. The number of nitrogens with one attached hydrogen (secondary N) is 1. The van der Waals surface area contributed by atoms with E-state index in [1.165, 1.54) is 11.3 Å². The van der Waals surface area contributed by atoms with Gasteiger partial charge in [-0.3, -0.25) is 9.36 Å². The Morgan fingerprint density at radius 3 is 2.37 bits per heavy atom. The first-order chi connectivity index (χ1) is 13.0.